The molecule has 0 aliphatic rings. The molecule has 0 amide bonds. The Bertz CT molecular complexity index is 1330. The van der Waals surface area contributed by atoms with E-state index in [0.29, 0.717) is 28.5 Å². The summed E-state index contributed by atoms with van der Waals surface area (Å²) in [6.07, 6.45) is -3.32. The van der Waals surface area contributed by atoms with E-state index < -0.39 is 17.6 Å². The third-order valence-electron chi connectivity index (χ3n) is 5.62. The second-order valence-corrected chi connectivity index (χ2v) is 8.59. The van der Waals surface area contributed by atoms with Gasteiger partial charge in [-0.1, -0.05) is 42.8 Å². The van der Waals surface area contributed by atoms with Crippen molar-refractivity contribution in [2.24, 2.45) is 7.05 Å². The van der Waals surface area contributed by atoms with Crippen molar-refractivity contribution in [2.75, 3.05) is 6.61 Å². The van der Waals surface area contributed by atoms with Gasteiger partial charge >= 0.3 is 6.18 Å². The van der Waals surface area contributed by atoms with Crippen molar-refractivity contribution in [2.45, 2.75) is 25.9 Å². The molecular weight excluding hydrogens is 493 g/mol. The number of aryl methyl sites for hydroxylation is 2. The summed E-state index contributed by atoms with van der Waals surface area (Å²) < 4.78 is 53.8. The van der Waals surface area contributed by atoms with E-state index in [1.54, 1.807) is 42.5 Å². The second kappa shape index (κ2) is 10.5. The second-order valence-electron chi connectivity index (χ2n) is 8.15. The molecule has 0 spiro atoms. The first-order valence-corrected chi connectivity index (χ1v) is 11.6. The summed E-state index contributed by atoms with van der Waals surface area (Å²) in [6, 6.07) is 18.5. The molecule has 1 aromatic heterocycles. The van der Waals surface area contributed by atoms with Crippen LogP contribution in [-0.4, -0.2) is 21.5 Å². The molecule has 0 fully saturated rings. The van der Waals surface area contributed by atoms with Crippen LogP contribution in [0.25, 0.3) is 11.3 Å². The van der Waals surface area contributed by atoms with Gasteiger partial charge in [0.1, 0.15) is 22.9 Å². The lowest BCUT2D eigenvalue weighted by Crippen LogP contribution is -2.12. The minimum Gasteiger partial charge on any atom is -0.507 e. The zero-order valence-electron chi connectivity index (χ0n) is 19.6. The molecule has 0 unspecified atom stereocenters. The first kappa shape index (κ1) is 25.4. The predicted molar refractivity (Wildman–Crippen MR) is 132 cm³/mol. The molecule has 9 heteroatoms. The number of phenolic OH excluding ortho intramolecular Hbond substituents is 1. The minimum atomic E-state index is -4.72. The minimum absolute atomic E-state index is 0.0892. The average Bonchev–Trinajstić information content (AvgIpc) is 3.16. The molecule has 5 nitrogen and oxygen atoms in total. The number of halogens is 4. The highest BCUT2D eigenvalue weighted by Crippen LogP contribution is 2.46. The summed E-state index contributed by atoms with van der Waals surface area (Å²) in [7, 11) is 1.19. The lowest BCUT2D eigenvalue weighted by molar-refractivity contribution is -0.144. The van der Waals surface area contributed by atoms with E-state index in [1.165, 1.54) is 19.2 Å². The average molecular weight is 517 g/mol. The third kappa shape index (κ3) is 5.76. The van der Waals surface area contributed by atoms with E-state index in [0.717, 1.165) is 17.5 Å². The number of hydrogen-bond acceptors (Lipinski definition) is 4. The first-order chi connectivity index (χ1) is 17.2. The number of ether oxygens (including phenoxy) is 2. The summed E-state index contributed by atoms with van der Waals surface area (Å²) in [5, 5.41) is 15.4. The van der Waals surface area contributed by atoms with Crippen molar-refractivity contribution in [3.05, 3.63) is 88.6 Å². The highest BCUT2D eigenvalue weighted by atomic mass is 35.5. The van der Waals surface area contributed by atoms with Crippen LogP contribution in [0, 0.1) is 0 Å². The van der Waals surface area contributed by atoms with Crippen LogP contribution < -0.4 is 9.47 Å². The van der Waals surface area contributed by atoms with Crippen LogP contribution >= 0.6 is 11.6 Å². The molecule has 0 aliphatic heterocycles. The first-order valence-electron chi connectivity index (χ1n) is 11.3. The molecule has 1 heterocycles. The van der Waals surface area contributed by atoms with Crippen LogP contribution in [0.1, 0.15) is 23.7 Å². The molecular formula is C27H24ClF3N2O3. The Morgan fingerprint density at radius 1 is 0.944 bits per heavy atom. The van der Waals surface area contributed by atoms with E-state index in [4.69, 9.17) is 21.1 Å². The topological polar surface area (TPSA) is 56.5 Å². The quantitative estimate of drug-likeness (QED) is 0.264. The normalized spacial score (nSPS) is 11.5. The molecule has 0 saturated carbocycles. The van der Waals surface area contributed by atoms with Crippen molar-refractivity contribution in [3.63, 3.8) is 0 Å². The highest BCUT2D eigenvalue weighted by molar-refractivity contribution is 6.30. The van der Waals surface area contributed by atoms with Crippen molar-refractivity contribution in [3.8, 4) is 34.3 Å². The lowest BCUT2D eigenvalue weighted by Gasteiger charge is -2.13. The van der Waals surface area contributed by atoms with Crippen molar-refractivity contribution < 1.29 is 27.8 Å². The Morgan fingerprint density at radius 2 is 1.58 bits per heavy atom. The van der Waals surface area contributed by atoms with Gasteiger partial charge < -0.3 is 14.6 Å². The molecule has 4 rings (SSSR count). The van der Waals surface area contributed by atoms with Gasteiger partial charge in [-0.25, -0.2) is 0 Å². The van der Waals surface area contributed by atoms with Crippen molar-refractivity contribution in [1.82, 2.24) is 9.78 Å². The maximum Gasteiger partial charge on any atom is 0.436 e. The Hall–Kier alpha value is -3.65. The van der Waals surface area contributed by atoms with E-state index >= 15 is 0 Å². The molecule has 4 aromatic rings. The third-order valence-corrected chi connectivity index (χ3v) is 5.87. The number of rotatable bonds is 8. The van der Waals surface area contributed by atoms with Crippen LogP contribution in [0.3, 0.4) is 0 Å². The molecule has 0 saturated heterocycles. The lowest BCUT2D eigenvalue weighted by atomic mass is 10.1. The van der Waals surface area contributed by atoms with Crippen LogP contribution in [0.15, 0.2) is 66.7 Å². The van der Waals surface area contributed by atoms with Crippen LogP contribution in [0.4, 0.5) is 13.2 Å². The van der Waals surface area contributed by atoms with Crippen molar-refractivity contribution in [1.29, 1.82) is 0 Å². The van der Waals surface area contributed by atoms with Gasteiger partial charge in [-0.3, -0.25) is 4.68 Å². The largest absolute Gasteiger partial charge is 0.507 e. The number of phenols is 1. The fourth-order valence-electron chi connectivity index (χ4n) is 3.74. The molecule has 1 N–H and O–H groups in total. The Kier molecular flexibility index (Phi) is 7.45. The Labute approximate surface area is 211 Å². The number of benzene rings is 3. The van der Waals surface area contributed by atoms with E-state index in [9.17, 15) is 18.3 Å². The van der Waals surface area contributed by atoms with Gasteiger partial charge in [0.2, 0.25) is 0 Å². The van der Waals surface area contributed by atoms with Crippen LogP contribution in [0.2, 0.25) is 5.02 Å². The molecule has 0 atom stereocenters. The smallest absolute Gasteiger partial charge is 0.436 e. The van der Waals surface area contributed by atoms with Crippen molar-refractivity contribution >= 4 is 11.6 Å². The zero-order valence-corrected chi connectivity index (χ0v) is 20.4. The van der Waals surface area contributed by atoms with Gasteiger partial charge in [0.15, 0.2) is 11.4 Å². The monoisotopic (exact) mass is 516 g/mol. The number of aromatic nitrogens is 2. The summed E-state index contributed by atoms with van der Waals surface area (Å²) >= 11 is 5.89. The van der Waals surface area contributed by atoms with Gasteiger partial charge in [-0.15, -0.1) is 0 Å². The predicted octanol–water partition coefficient (Wildman–Crippen LogP) is 7.44. The molecule has 0 bridgehead atoms. The Balaban J connectivity index is 1.60. The molecule has 188 valence electrons. The van der Waals surface area contributed by atoms with Gasteiger partial charge in [0.05, 0.1) is 6.61 Å². The number of aromatic hydroxyl groups is 1. The van der Waals surface area contributed by atoms with Crippen LogP contribution in [-0.2, 0) is 26.1 Å². The highest BCUT2D eigenvalue weighted by Gasteiger charge is 2.41. The van der Waals surface area contributed by atoms with Gasteiger partial charge in [-0.2, -0.15) is 18.3 Å². The van der Waals surface area contributed by atoms with Gasteiger partial charge in [0, 0.05) is 30.1 Å². The van der Waals surface area contributed by atoms with Gasteiger partial charge in [0.25, 0.3) is 0 Å². The molecule has 3 aromatic carbocycles. The van der Waals surface area contributed by atoms with E-state index in [2.05, 4.69) is 5.10 Å². The fourth-order valence-corrected chi connectivity index (χ4v) is 3.87. The molecule has 36 heavy (non-hydrogen) atoms. The summed E-state index contributed by atoms with van der Waals surface area (Å²) in [5.74, 6) is -0.165. The summed E-state index contributed by atoms with van der Waals surface area (Å²) in [6.45, 7) is 2.31. The van der Waals surface area contributed by atoms with E-state index in [1.807, 2.05) is 19.1 Å². The van der Waals surface area contributed by atoms with Crippen LogP contribution in [0.5, 0.6) is 23.0 Å². The SMILES string of the molecule is CCc1ccc(Oc2c(-c3ccc(OCCc4ccc(Cl)cc4)cc3O)nn(C)c2C(F)(F)F)cc1. The number of hydrogen-bond donors (Lipinski definition) is 1. The number of nitrogens with zero attached hydrogens (tertiary/aromatic N) is 2. The van der Waals surface area contributed by atoms with Gasteiger partial charge in [-0.05, 0) is 53.9 Å². The standard InChI is InChI=1S/C27H24ClF3N2O3/c1-3-17-6-10-20(11-7-17)36-25-24(32-33(2)26(25)27(29,30)31)22-13-12-21(16-23(22)34)35-15-14-18-4-8-19(28)9-5-18/h4-13,16,34H,3,14-15H2,1-2H3. The summed E-state index contributed by atoms with van der Waals surface area (Å²) in [4.78, 5) is 0. The maximum absolute atomic E-state index is 13.9. The molecule has 0 radical (unpaired) electrons. The summed E-state index contributed by atoms with van der Waals surface area (Å²) in [5.41, 5.74) is 0.956. The molecule has 0 aliphatic carbocycles. The number of alkyl halides is 3. The Morgan fingerprint density at radius 3 is 2.19 bits per heavy atom. The maximum atomic E-state index is 13.9. The van der Waals surface area contributed by atoms with E-state index in [-0.39, 0.29) is 22.8 Å². The zero-order chi connectivity index (χ0) is 25.9. The fraction of sp³-hybridized carbons (Fsp3) is 0.222.